The Kier molecular flexibility index (Phi) is 5.26. The molecule has 0 radical (unpaired) electrons. The average Bonchev–Trinajstić information content (AvgIpc) is 3.16. The minimum atomic E-state index is -0.995. The summed E-state index contributed by atoms with van der Waals surface area (Å²) in [4.78, 5) is 26.4. The molecule has 0 aliphatic carbocycles. The summed E-state index contributed by atoms with van der Waals surface area (Å²) in [5.74, 6) is -1.12. The second kappa shape index (κ2) is 8.16. The largest absolute Gasteiger partial charge is 0.448 e. The molecule has 3 aromatic carbocycles. The van der Waals surface area contributed by atoms with Crippen molar-refractivity contribution in [2.75, 3.05) is 5.32 Å². The highest BCUT2D eigenvalue weighted by Crippen LogP contribution is 2.19. The number of esters is 1. The lowest BCUT2D eigenvalue weighted by Crippen LogP contribution is -2.30. The van der Waals surface area contributed by atoms with Crippen molar-refractivity contribution in [3.8, 4) is 5.69 Å². The molecule has 1 aromatic heterocycles. The Morgan fingerprint density at radius 3 is 2.40 bits per heavy atom. The number of carbonyl (C=O) groups is 2. The first-order valence-corrected chi connectivity index (χ1v) is 9.51. The van der Waals surface area contributed by atoms with Crippen LogP contribution in [-0.4, -0.2) is 33.0 Å². The Morgan fingerprint density at radius 2 is 1.63 bits per heavy atom. The predicted molar refractivity (Wildman–Crippen MR) is 114 cm³/mol. The molecule has 1 heterocycles. The van der Waals surface area contributed by atoms with E-state index in [0.717, 1.165) is 16.5 Å². The number of aryl methyl sites for hydroxylation is 1. The van der Waals surface area contributed by atoms with Crippen molar-refractivity contribution in [3.63, 3.8) is 0 Å². The highest BCUT2D eigenvalue weighted by Gasteiger charge is 2.23. The molecule has 4 rings (SSSR count). The second-order valence-corrected chi connectivity index (χ2v) is 6.86. The van der Waals surface area contributed by atoms with Gasteiger partial charge in [0.25, 0.3) is 5.91 Å². The third-order valence-corrected chi connectivity index (χ3v) is 4.63. The van der Waals surface area contributed by atoms with Gasteiger partial charge in [0.1, 0.15) is 0 Å². The number of aromatic nitrogens is 3. The van der Waals surface area contributed by atoms with Crippen LogP contribution < -0.4 is 5.32 Å². The minimum absolute atomic E-state index is 0.0733. The maximum atomic E-state index is 12.5. The minimum Gasteiger partial charge on any atom is -0.448 e. The normalized spacial score (nSPS) is 11.8. The summed E-state index contributed by atoms with van der Waals surface area (Å²) in [5, 5.41) is 13.3. The molecule has 0 spiro atoms. The number of rotatable bonds is 5. The third-order valence-electron chi connectivity index (χ3n) is 4.63. The van der Waals surface area contributed by atoms with Crippen LogP contribution >= 0.6 is 0 Å². The van der Waals surface area contributed by atoms with Gasteiger partial charge in [0.2, 0.25) is 0 Å². The van der Waals surface area contributed by atoms with Crippen molar-refractivity contribution in [2.45, 2.75) is 20.0 Å². The molecule has 0 saturated carbocycles. The van der Waals surface area contributed by atoms with E-state index in [1.807, 2.05) is 72.8 Å². The monoisotopic (exact) mass is 400 g/mol. The molecule has 0 aliphatic heterocycles. The zero-order valence-corrected chi connectivity index (χ0v) is 16.6. The lowest BCUT2D eigenvalue weighted by atomic mass is 10.1. The summed E-state index contributed by atoms with van der Waals surface area (Å²) < 4.78 is 5.32. The van der Waals surface area contributed by atoms with Crippen molar-refractivity contribution < 1.29 is 14.3 Å². The standard InChI is InChI=1S/C23H20N4O3/c1-15-21(26-27(25-15)20-10-4-3-5-11-20)23(29)30-16(2)22(28)24-19-13-12-17-8-6-7-9-18(17)14-19/h3-14,16H,1-2H3,(H,24,28). The van der Waals surface area contributed by atoms with Crippen molar-refractivity contribution in [2.24, 2.45) is 0 Å². The molecule has 7 nitrogen and oxygen atoms in total. The van der Waals surface area contributed by atoms with Crippen molar-refractivity contribution in [1.82, 2.24) is 15.0 Å². The first-order valence-electron chi connectivity index (χ1n) is 9.51. The Bertz CT molecular complexity index is 1220. The summed E-state index contributed by atoms with van der Waals surface area (Å²) in [6, 6.07) is 22.7. The van der Waals surface area contributed by atoms with Crippen molar-refractivity contribution in [3.05, 3.63) is 84.2 Å². The summed E-state index contributed by atoms with van der Waals surface area (Å²) >= 11 is 0. The molecular formula is C23H20N4O3. The van der Waals surface area contributed by atoms with E-state index in [1.54, 1.807) is 6.92 Å². The van der Waals surface area contributed by atoms with Crippen LogP contribution in [0.3, 0.4) is 0 Å². The van der Waals surface area contributed by atoms with Gasteiger partial charge in [0.15, 0.2) is 11.8 Å². The molecular weight excluding hydrogens is 380 g/mol. The van der Waals surface area contributed by atoms with E-state index in [9.17, 15) is 9.59 Å². The van der Waals surface area contributed by atoms with Gasteiger partial charge in [-0.1, -0.05) is 48.5 Å². The van der Waals surface area contributed by atoms with E-state index in [4.69, 9.17) is 4.74 Å². The molecule has 1 atom stereocenters. The fourth-order valence-electron chi connectivity index (χ4n) is 3.03. The van der Waals surface area contributed by atoms with Crippen LogP contribution in [0.1, 0.15) is 23.1 Å². The number of para-hydroxylation sites is 1. The van der Waals surface area contributed by atoms with Gasteiger partial charge in [0, 0.05) is 5.69 Å². The van der Waals surface area contributed by atoms with Gasteiger partial charge < -0.3 is 10.1 Å². The Morgan fingerprint density at radius 1 is 0.933 bits per heavy atom. The van der Waals surface area contributed by atoms with Crippen LogP contribution in [0.5, 0.6) is 0 Å². The van der Waals surface area contributed by atoms with E-state index in [-0.39, 0.29) is 5.69 Å². The van der Waals surface area contributed by atoms with Crippen LogP contribution in [0.2, 0.25) is 0 Å². The molecule has 1 unspecified atom stereocenters. The average molecular weight is 400 g/mol. The number of nitrogens with zero attached hydrogens (tertiary/aromatic N) is 3. The maximum absolute atomic E-state index is 12.5. The second-order valence-electron chi connectivity index (χ2n) is 6.86. The number of fused-ring (bicyclic) bond motifs is 1. The SMILES string of the molecule is Cc1nn(-c2ccccc2)nc1C(=O)OC(C)C(=O)Nc1ccc2ccccc2c1. The number of carbonyl (C=O) groups excluding carboxylic acids is 2. The van der Waals surface area contributed by atoms with Gasteiger partial charge in [-0.05, 0) is 48.9 Å². The fourth-order valence-corrected chi connectivity index (χ4v) is 3.03. The summed E-state index contributed by atoms with van der Waals surface area (Å²) in [6.07, 6.45) is -0.995. The van der Waals surface area contributed by atoms with Gasteiger partial charge in [-0.15, -0.1) is 5.10 Å². The first kappa shape index (κ1) is 19.3. The number of benzene rings is 3. The Balaban J connectivity index is 1.44. The first-order chi connectivity index (χ1) is 14.5. The highest BCUT2D eigenvalue weighted by atomic mass is 16.5. The van der Waals surface area contributed by atoms with Crippen molar-refractivity contribution in [1.29, 1.82) is 0 Å². The third kappa shape index (κ3) is 4.05. The van der Waals surface area contributed by atoms with E-state index in [0.29, 0.717) is 11.4 Å². The lowest BCUT2D eigenvalue weighted by Gasteiger charge is -2.13. The number of hydrogen-bond donors (Lipinski definition) is 1. The zero-order chi connectivity index (χ0) is 21.1. The van der Waals surface area contributed by atoms with E-state index in [2.05, 4.69) is 15.5 Å². The number of nitrogens with one attached hydrogen (secondary N) is 1. The molecule has 0 bridgehead atoms. The molecule has 4 aromatic rings. The molecule has 150 valence electrons. The number of ether oxygens (including phenoxy) is 1. The number of amides is 1. The molecule has 7 heteroatoms. The number of anilines is 1. The Hall–Kier alpha value is -4.00. The van der Waals surface area contributed by atoms with Crippen LogP contribution in [0.15, 0.2) is 72.8 Å². The van der Waals surface area contributed by atoms with E-state index >= 15 is 0 Å². The summed E-state index contributed by atoms with van der Waals surface area (Å²) in [7, 11) is 0. The Labute approximate surface area is 173 Å². The van der Waals surface area contributed by atoms with Crippen molar-refractivity contribution >= 4 is 28.3 Å². The van der Waals surface area contributed by atoms with Crippen LogP contribution in [-0.2, 0) is 9.53 Å². The summed E-state index contributed by atoms with van der Waals surface area (Å²) in [5.41, 5.74) is 1.85. The predicted octanol–water partition coefficient (Wildman–Crippen LogP) is 3.91. The van der Waals surface area contributed by atoms with Gasteiger partial charge >= 0.3 is 5.97 Å². The molecule has 1 amide bonds. The zero-order valence-electron chi connectivity index (χ0n) is 16.6. The molecule has 0 fully saturated rings. The smallest absolute Gasteiger partial charge is 0.361 e. The number of hydrogen-bond acceptors (Lipinski definition) is 5. The van der Waals surface area contributed by atoms with Crippen LogP contribution in [0, 0.1) is 6.92 Å². The lowest BCUT2D eigenvalue weighted by molar-refractivity contribution is -0.123. The maximum Gasteiger partial charge on any atom is 0.361 e. The van der Waals surface area contributed by atoms with E-state index in [1.165, 1.54) is 11.7 Å². The molecule has 1 N–H and O–H groups in total. The van der Waals surface area contributed by atoms with Gasteiger partial charge in [-0.2, -0.15) is 9.90 Å². The summed E-state index contributed by atoms with van der Waals surface area (Å²) in [6.45, 7) is 3.19. The quantitative estimate of drug-likeness (QED) is 0.513. The van der Waals surface area contributed by atoms with Gasteiger partial charge in [-0.25, -0.2) is 4.79 Å². The molecule has 30 heavy (non-hydrogen) atoms. The van der Waals surface area contributed by atoms with Crippen LogP contribution in [0.4, 0.5) is 5.69 Å². The highest BCUT2D eigenvalue weighted by molar-refractivity contribution is 5.98. The van der Waals surface area contributed by atoms with Crippen LogP contribution in [0.25, 0.3) is 16.5 Å². The molecule has 0 aliphatic rings. The fraction of sp³-hybridized carbons (Fsp3) is 0.130. The molecule has 0 saturated heterocycles. The topological polar surface area (TPSA) is 86.1 Å². The van der Waals surface area contributed by atoms with Gasteiger partial charge in [-0.3, -0.25) is 4.79 Å². The van der Waals surface area contributed by atoms with E-state index < -0.39 is 18.0 Å². The van der Waals surface area contributed by atoms with Gasteiger partial charge in [0.05, 0.1) is 11.4 Å².